The maximum absolute atomic E-state index is 12.5. The van der Waals surface area contributed by atoms with Crippen molar-refractivity contribution in [3.8, 4) is 11.5 Å². The molecule has 0 aromatic heterocycles. The fourth-order valence-electron chi connectivity index (χ4n) is 2.17. The zero-order valence-electron chi connectivity index (χ0n) is 13.9. The smallest absolute Gasteiger partial charge is 0.321 e. The molecule has 0 aliphatic carbocycles. The van der Waals surface area contributed by atoms with Gasteiger partial charge < -0.3 is 14.6 Å². The maximum atomic E-state index is 12.5. The number of benzene rings is 1. The lowest BCUT2D eigenvalue weighted by Gasteiger charge is -2.18. The molecule has 1 unspecified atom stereocenters. The van der Waals surface area contributed by atoms with Gasteiger partial charge in [-0.05, 0) is 30.9 Å². The first kappa shape index (κ1) is 19.2. The second-order valence-electron chi connectivity index (χ2n) is 5.61. The van der Waals surface area contributed by atoms with Crippen LogP contribution in [0.4, 0.5) is 0 Å². The lowest BCUT2D eigenvalue weighted by Crippen LogP contribution is -2.41. The molecule has 0 heterocycles. The van der Waals surface area contributed by atoms with Crippen LogP contribution in [0.1, 0.15) is 25.8 Å². The van der Waals surface area contributed by atoms with Crippen molar-refractivity contribution < 1.29 is 27.8 Å². The van der Waals surface area contributed by atoms with Crippen LogP contribution in [0.5, 0.6) is 11.5 Å². The molecule has 1 atom stereocenters. The number of carboxylic acids is 1. The molecule has 0 radical (unpaired) electrons. The molecular weight excluding hydrogens is 322 g/mol. The summed E-state index contributed by atoms with van der Waals surface area (Å²) >= 11 is 0. The van der Waals surface area contributed by atoms with E-state index >= 15 is 0 Å². The summed E-state index contributed by atoms with van der Waals surface area (Å²) in [5.41, 5.74) is 0.434. The molecule has 1 aromatic carbocycles. The Morgan fingerprint density at radius 1 is 1.22 bits per heavy atom. The van der Waals surface area contributed by atoms with E-state index in [4.69, 9.17) is 9.47 Å². The molecule has 1 aromatic rings. The van der Waals surface area contributed by atoms with Gasteiger partial charge in [0, 0.05) is 6.07 Å². The van der Waals surface area contributed by atoms with E-state index in [9.17, 15) is 18.3 Å². The average Bonchev–Trinajstić information content (AvgIpc) is 2.44. The van der Waals surface area contributed by atoms with Crippen molar-refractivity contribution in [1.29, 1.82) is 0 Å². The Labute approximate surface area is 136 Å². The zero-order chi connectivity index (χ0) is 17.8. The van der Waals surface area contributed by atoms with Crippen molar-refractivity contribution in [3.05, 3.63) is 17.7 Å². The van der Waals surface area contributed by atoms with Crippen LogP contribution >= 0.6 is 0 Å². The number of aryl methyl sites for hydroxylation is 1. The molecule has 7 nitrogen and oxygen atoms in total. The Morgan fingerprint density at radius 2 is 1.74 bits per heavy atom. The minimum atomic E-state index is -4.00. The number of carbonyl (C=O) groups is 1. The summed E-state index contributed by atoms with van der Waals surface area (Å²) in [5.74, 6) is -0.513. The zero-order valence-corrected chi connectivity index (χ0v) is 14.7. The van der Waals surface area contributed by atoms with E-state index in [1.807, 2.05) is 13.8 Å². The number of aliphatic carboxylic acids is 1. The van der Waals surface area contributed by atoms with E-state index in [2.05, 4.69) is 4.72 Å². The Hall–Kier alpha value is -1.80. The number of carboxylic acid groups (broad SMARTS) is 1. The van der Waals surface area contributed by atoms with Crippen LogP contribution < -0.4 is 14.2 Å². The SMILES string of the molecule is COc1cc(C)c(S(=O)(=O)NC(CC(C)C)C(=O)O)cc1OC. The van der Waals surface area contributed by atoms with E-state index in [1.165, 1.54) is 26.4 Å². The highest BCUT2D eigenvalue weighted by Gasteiger charge is 2.28. The van der Waals surface area contributed by atoms with Crippen molar-refractivity contribution in [1.82, 2.24) is 4.72 Å². The largest absolute Gasteiger partial charge is 0.493 e. The van der Waals surface area contributed by atoms with Crippen LogP contribution in [0.3, 0.4) is 0 Å². The molecule has 0 saturated carbocycles. The van der Waals surface area contributed by atoms with Crippen molar-refractivity contribution in [3.63, 3.8) is 0 Å². The fourth-order valence-corrected chi connectivity index (χ4v) is 3.62. The number of hydrogen-bond acceptors (Lipinski definition) is 5. The summed E-state index contributed by atoms with van der Waals surface area (Å²) in [5, 5.41) is 9.21. The Morgan fingerprint density at radius 3 is 2.17 bits per heavy atom. The summed E-state index contributed by atoms with van der Waals surface area (Å²) in [7, 11) is -1.15. The summed E-state index contributed by atoms with van der Waals surface area (Å²) in [6.45, 7) is 5.26. The highest BCUT2D eigenvalue weighted by atomic mass is 32.2. The van der Waals surface area contributed by atoms with Crippen LogP contribution in [0.25, 0.3) is 0 Å². The maximum Gasteiger partial charge on any atom is 0.321 e. The third-order valence-corrected chi connectivity index (χ3v) is 4.89. The summed E-state index contributed by atoms with van der Waals surface area (Å²) in [6, 6.07) is 1.67. The van der Waals surface area contributed by atoms with E-state index in [-0.39, 0.29) is 23.0 Å². The number of methoxy groups -OCH3 is 2. The number of hydrogen-bond donors (Lipinski definition) is 2. The first-order valence-electron chi connectivity index (χ1n) is 7.10. The number of rotatable bonds is 8. The number of ether oxygens (including phenoxy) is 2. The van der Waals surface area contributed by atoms with Crippen molar-refractivity contribution in [2.24, 2.45) is 5.92 Å². The Kier molecular flexibility index (Phi) is 6.40. The molecule has 0 aliphatic heterocycles. The monoisotopic (exact) mass is 345 g/mol. The first-order valence-corrected chi connectivity index (χ1v) is 8.58. The van der Waals surface area contributed by atoms with Gasteiger partial charge in [0.2, 0.25) is 10.0 Å². The van der Waals surface area contributed by atoms with Crippen molar-refractivity contribution in [2.45, 2.75) is 38.1 Å². The van der Waals surface area contributed by atoms with E-state index in [0.717, 1.165) is 0 Å². The van der Waals surface area contributed by atoms with Gasteiger partial charge in [-0.25, -0.2) is 8.42 Å². The summed E-state index contributed by atoms with van der Waals surface area (Å²) in [6.07, 6.45) is 0.195. The molecule has 1 rings (SSSR count). The molecule has 0 bridgehead atoms. The van der Waals surface area contributed by atoms with Gasteiger partial charge in [0.05, 0.1) is 19.1 Å². The molecule has 130 valence electrons. The fraction of sp³-hybridized carbons (Fsp3) is 0.533. The third kappa shape index (κ3) is 4.84. The molecule has 0 saturated heterocycles. The van der Waals surface area contributed by atoms with Crippen LogP contribution in [0.2, 0.25) is 0 Å². The molecule has 0 amide bonds. The summed E-state index contributed by atoms with van der Waals surface area (Å²) < 4.78 is 37.6. The van der Waals surface area contributed by atoms with Crippen LogP contribution in [-0.4, -0.2) is 39.8 Å². The lowest BCUT2D eigenvalue weighted by molar-refractivity contribution is -0.139. The van der Waals surface area contributed by atoms with Crippen LogP contribution in [0, 0.1) is 12.8 Å². The average molecular weight is 345 g/mol. The summed E-state index contributed by atoms with van der Waals surface area (Å²) in [4.78, 5) is 11.2. The highest BCUT2D eigenvalue weighted by Crippen LogP contribution is 2.32. The molecule has 23 heavy (non-hydrogen) atoms. The molecule has 0 fully saturated rings. The van der Waals surface area contributed by atoms with Gasteiger partial charge in [-0.1, -0.05) is 13.8 Å². The topological polar surface area (TPSA) is 102 Å². The third-order valence-electron chi connectivity index (χ3n) is 3.27. The van der Waals surface area contributed by atoms with Gasteiger partial charge in [0.15, 0.2) is 11.5 Å². The van der Waals surface area contributed by atoms with Gasteiger partial charge in [-0.2, -0.15) is 4.72 Å². The Bertz CT molecular complexity index is 669. The lowest BCUT2D eigenvalue weighted by atomic mass is 10.1. The van der Waals surface area contributed by atoms with Crippen molar-refractivity contribution >= 4 is 16.0 Å². The standard InChI is InChI=1S/C15H23NO6S/c1-9(2)6-11(15(17)18)16-23(19,20)14-8-13(22-5)12(21-4)7-10(14)3/h7-9,11,16H,6H2,1-5H3,(H,17,18). The van der Waals surface area contributed by atoms with E-state index in [1.54, 1.807) is 6.92 Å². The number of sulfonamides is 1. The van der Waals surface area contributed by atoms with Crippen LogP contribution in [0.15, 0.2) is 17.0 Å². The predicted octanol–water partition coefficient (Wildman–Crippen LogP) is 1.79. The highest BCUT2D eigenvalue weighted by molar-refractivity contribution is 7.89. The molecule has 2 N–H and O–H groups in total. The van der Waals surface area contributed by atoms with E-state index < -0.39 is 22.0 Å². The Balaban J connectivity index is 3.24. The minimum Gasteiger partial charge on any atom is -0.493 e. The molecule has 0 spiro atoms. The second kappa shape index (κ2) is 7.65. The van der Waals surface area contributed by atoms with Crippen molar-refractivity contribution in [2.75, 3.05) is 14.2 Å². The van der Waals surface area contributed by atoms with Gasteiger partial charge >= 0.3 is 5.97 Å². The van der Waals surface area contributed by atoms with Gasteiger partial charge in [0.1, 0.15) is 6.04 Å². The predicted molar refractivity (Wildman–Crippen MR) is 85.5 cm³/mol. The molecular formula is C15H23NO6S. The second-order valence-corrected chi connectivity index (χ2v) is 7.30. The molecule has 0 aliphatic rings. The first-order chi connectivity index (χ1) is 10.6. The number of nitrogens with one attached hydrogen (secondary N) is 1. The molecule has 8 heteroatoms. The van der Waals surface area contributed by atoms with Gasteiger partial charge in [-0.3, -0.25) is 4.79 Å². The minimum absolute atomic E-state index is 0.0327. The van der Waals surface area contributed by atoms with Gasteiger partial charge in [0.25, 0.3) is 0 Å². The van der Waals surface area contributed by atoms with Crippen LogP contribution in [-0.2, 0) is 14.8 Å². The van der Waals surface area contributed by atoms with E-state index in [0.29, 0.717) is 11.3 Å². The quantitative estimate of drug-likeness (QED) is 0.745. The van der Waals surface area contributed by atoms with Gasteiger partial charge in [-0.15, -0.1) is 0 Å². The normalized spacial score (nSPS) is 13.0.